The second-order valence-electron chi connectivity index (χ2n) is 3.14. The Hall–Kier alpha value is -1.29. The fourth-order valence-electron chi connectivity index (χ4n) is 1.18. The zero-order valence-corrected chi connectivity index (χ0v) is 9.62. The van der Waals surface area contributed by atoms with Crippen molar-refractivity contribution in [3.8, 4) is 5.75 Å². The van der Waals surface area contributed by atoms with Crippen molar-refractivity contribution in [2.24, 2.45) is 0 Å². The molecule has 0 amide bonds. The van der Waals surface area contributed by atoms with Gasteiger partial charge in [-0.3, -0.25) is 0 Å². The number of rotatable bonds is 4. The van der Waals surface area contributed by atoms with Crippen molar-refractivity contribution in [2.75, 3.05) is 7.11 Å². The zero-order chi connectivity index (χ0) is 11.5. The number of benzene rings is 1. The lowest BCUT2D eigenvalue weighted by molar-refractivity contribution is 0.402. The monoisotopic (exact) mass is 226 g/mol. The predicted octanol–water partition coefficient (Wildman–Crippen LogP) is 2.04. The fraction of sp³-hybridized carbons (Fsp3) is 0.273. The van der Waals surface area contributed by atoms with Gasteiger partial charge in [-0.2, -0.15) is 0 Å². The van der Waals surface area contributed by atoms with E-state index in [0.29, 0.717) is 5.75 Å². The molecule has 1 aromatic rings. The van der Waals surface area contributed by atoms with Gasteiger partial charge < -0.3 is 4.74 Å². The fourth-order valence-corrected chi connectivity index (χ4v) is 2.53. The molecule has 1 rings (SSSR count). The second-order valence-corrected chi connectivity index (χ2v) is 5.41. The normalized spacial score (nSPS) is 13.2. The van der Waals surface area contributed by atoms with Gasteiger partial charge in [-0.05, 0) is 19.1 Å². The molecule has 0 N–H and O–H groups in total. The molecule has 4 heteroatoms. The van der Waals surface area contributed by atoms with E-state index in [1.165, 1.54) is 19.3 Å². The number of hydrogen-bond acceptors (Lipinski definition) is 3. The van der Waals surface area contributed by atoms with Gasteiger partial charge in [-0.1, -0.05) is 18.2 Å². The third-order valence-electron chi connectivity index (χ3n) is 2.20. The molecule has 1 atom stereocenters. The van der Waals surface area contributed by atoms with E-state index in [9.17, 15) is 8.42 Å². The summed E-state index contributed by atoms with van der Waals surface area (Å²) in [6.45, 7) is 5.08. The summed E-state index contributed by atoms with van der Waals surface area (Å²) in [6.07, 6.45) is 1.40. The molecule has 0 radical (unpaired) electrons. The summed E-state index contributed by atoms with van der Waals surface area (Å²) in [4.78, 5) is 0.208. The molecule has 0 aliphatic heterocycles. The minimum atomic E-state index is -3.37. The van der Waals surface area contributed by atoms with E-state index >= 15 is 0 Å². The predicted molar refractivity (Wildman–Crippen MR) is 59.8 cm³/mol. The molecule has 0 bridgehead atoms. The van der Waals surface area contributed by atoms with Crippen LogP contribution in [0.15, 0.2) is 41.8 Å². The Balaban J connectivity index is 3.33. The molecule has 0 saturated heterocycles. The maximum absolute atomic E-state index is 12.0. The lowest BCUT2D eigenvalue weighted by Crippen LogP contribution is -2.15. The standard InChI is InChI=1S/C11H14O3S/c1-4-9(2)15(12,13)11-8-6-5-7-10(11)14-3/h4-9H,1H2,2-3H3. The highest BCUT2D eigenvalue weighted by Crippen LogP contribution is 2.26. The third kappa shape index (κ3) is 2.21. The molecule has 0 spiro atoms. The van der Waals surface area contributed by atoms with E-state index in [1.54, 1.807) is 25.1 Å². The quantitative estimate of drug-likeness (QED) is 0.738. The van der Waals surface area contributed by atoms with Gasteiger partial charge >= 0.3 is 0 Å². The largest absolute Gasteiger partial charge is 0.495 e. The first-order valence-corrected chi connectivity index (χ1v) is 6.08. The van der Waals surface area contributed by atoms with E-state index in [4.69, 9.17) is 4.74 Å². The Morgan fingerprint density at radius 2 is 2.00 bits per heavy atom. The smallest absolute Gasteiger partial charge is 0.188 e. The number of hydrogen-bond donors (Lipinski definition) is 0. The second kappa shape index (κ2) is 4.49. The molecular weight excluding hydrogens is 212 g/mol. The van der Waals surface area contributed by atoms with Gasteiger partial charge in [0.25, 0.3) is 0 Å². The highest BCUT2D eigenvalue weighted by atomic mass is 32.2. The molecule has 1 unspecified atom stereocenters. The maximum atomic E-state index is 12.0. The van der Waals surface area contributed by atoms with Gasteiger partial charge in [-0.15, -0.1) is 6.58 Å². The maximum Gasteiger partial charge on any atom is 0.188 e. The van der Waals surface area contributed by atoms with Crippen molar-refractivity contribution in [1.29, 1.82) is 0 Å². The van der Waals surface area contributed by atoms with Crippen LogP contribution in [0.2, 0.25) is 0 Å². The Morgan fingerprint density at radius 3 is 2.53 bits per heavy atom. The highest BCUT2D eigenvalue weighted by Gasteiger charge is 2.23. The molecule has 0 saturated carbocycles. The zero-order valence-electron chi connectivity index (χ0n) is 8.80. The molecule has 15 heavy (non-hydrogen) atoms. The number of para-hydroxylation sites is 1. The molecule has 82 valence electrons. The van der Waals surface area contributed by atoms with Crippen LogP contribution in [0.3, 0.4) is 0 Å². The van der Waals surface area contributed by atoms with Gasteiger partial charge in [0, 0.05) is 0 Å². The van der Waals surface area contributed by atoms with Crippen LogP contribution in [0.25, 0.3) is 0 Å². The average Bonchev–Trinajstić information content (AvgIpc) is 2.27. The first-order chi connectivity index (χ1) is 7.04. The summed E-state index contributed by atoms with van der Waals surface area (Å²) in [6, 6.07) is 6.57. The molecule has 1 aromatic carbocycles. The first kappa shape index (κ1) is 11.8. The lowest BCUT2D eigenvalue weighted by Gasteiger charge is -2.11. The number of sulfone groups is 1. The van der Waals surface area contributed by atoms with Crippen LogP contribution < -0.4 is 4.74 Å². The van der Waals surface area contributed by atoms with Crippen molar-refractivity contribution < 1.29 is 13.2 Å². The summed E-state index contributed by atoms with van der Waals surface area (Å²) < 4.78 is 29.0. The average molecular weight is 226 g/mol. The van der Waals surface area contributed by atoms with Crippen molar-refractivity contribution >= 4 is 9.84 Å². The van der Waals surface area contributed by atoms with Crippen LogP contribution in [0.4, 0.5) is 0 Å². The van der Waals surface area contributed by atoms with E-state index in [0.717, 1.165) is 0 Å². The van der Waals surface area contributed by atoms with Gasteiger partial charge in [-0.25, -0.2) is 8.42 Å². The van der Waals surface area contributed by atoms with Crippen molar-refractivity contribution in [2.45, 2.75) is 17.1 Å². The van der Waals surface area contributed by atoms with Gasteiger partial charge in [0.15, 0.2) is 9.84 Å². The minimum absolute atomic E-state index is 0.208. The van der Waals surface area contributed by atoms with Crippen molar-refractivity contribution in [1.82, 2.24) is 0 Å². The molecular formula is C11H14O3S. The summed E-state index contributed by atoms with van der Waals surface area (Å²) in [5, 5.41) is -0.617. The Kier molecular flexibility index (Phi) is 3.52. The van der Waals surface area contributed by atoms with Crippen molar-refractivity contribution in [3.63, 3.8) is 0 Å². The number of methoxy groups -OCH3 is 1. The molecule has 0 heterocycles. The summed E-state index contributed by atoms with van der Waals surface area (Å²) in [7, 11) is -1.92. The van der Waals surface area contributed by atoms with Crippen molar-refractivity contribution in [3.05, 3.63) is 36.9 Å². The Morgan fingerprint density at radius 1 is 1.40 bits per heavy atom. The minimum Gasteiger partial charge on any atom is -0.495 e. The molecule has 0 aliphatic rings. The summed E-state index contributed by atoms with van der Waals surface area (Å²) >= 11 is 0. The van der Waals surface area contributed by atoms with Crippen LogP contribution in [-0.2, 0) is 9.84 Å². The van der Waals surface area contributed by atoms with E-state index in [2.05, 4.69) is 6.58 Å². The third-order valence-corrected chi connectivity index (χ3v) is 4.32. The Bertz CT molecular complexity index is 449. The first-order valence-electron chi connectivity index (χ1n) is 4.53. The summed E-state index contributed by atoms with van der Waals surface area (Å²) in [5.41, 5.74) is 0. The molecule has 0 aromatic heterocycles. The van der Waals surface area contributed by atoms with E-state index in [-0.39, 0.29) is 4.90 Å². The molecule has 0 aliphatic carbocycles. The van der Waals surface area contributed by atoms with E-state index < -0.39 is 15.1 Å². The van der Waals surface area contributed by atoms with E-state index in [1.807, 2.05) is 0 Å². The highest BCUT2D eigenvalue weighted by molar-refractivity contribution is 7.92. The van der Waals surface area contributed by atoms with Crippen LogP contribution >= 0.6 is 0 Å². The molecule has 0 fully saturated rings. The van der Waals surface area contributed by atoms with Crippen LogP contribution in [-0.4, -0.2) is 20.8 Å². The Labute approximate surface area is 90.3 Å². The van der Waals surface area contributed by atoms with Gasteiger partial charge in [0.2, 0.25) is 0 Å². The van der Waals surface area contributed by atoms with Gasteiger partial charge in [0.05, 0.1) is 12.4 Å². The lowest BCUT2D eigenvalue weighted by atomic mass is 10.3. The number of ether oxygens (including phenoxy) is 1. The summed E-state index contributed by atoms with van der Waals surface area (Å²) in [5.74, 6) is 0.367. The molecule has 3 nitrogen and oxygen atoms in total. The van der Waals surface area contributed by atoms with Crippen LogP contribution in [0.1, 0.15) is 6.92 Å². The van der Waals surface area contributed by atoms with Crippen LogP contribution in [0.5, 0.6) is 5.75 Å². The van der Waals surface area contributed by atoms with Crippen LogP contribution in [0, 0.1) is 0 Å². The SMILES string of the molecule is C=CC(C)S(=O)(=O)c1ccccc1OC. The van der Waals surface area contributed by atoms with Gasteiger partial charge in [0.1, 0.15) is 10.6 Å². The topological polar surface area (TPSA) is 43.4 Å².